The Morgan fingerprint density at radius 3 is 2.59 bits per heavy atom. The fourth-order valence-corrected chi connectivity index (χ4v) is 4.78. The van der Waals surface area contributed by atoms with Crippen LogP contribution in [0.2, 0.25) is 0 Å². The van der Waals surface area contributed by atoms with Crippen LogP contribution in [-0.2, 0) is 11.0 Å². The van der Waals surface area contributed by atoms with Crippen molar-refractivity contribution >= 4 is 28.3 Å². The van der Waals surface area contributed by atoms with E-state index in [4.69, 9.17) is 10.5 Å². The van der Waals surface area contributed by atoms with Gasteiger partial charge in [0.25, 0.3) is 0 Å². The van der Waals surface area contributed by atoms with Crippen LogP contribution >= 0.6 is 0 Å². The molecule has 3 N–H and O–H groups in total. The van der Waals surface area contributed by atoms with Crippen LogP contribution in [0.4, 0.5) is 24.7 Å². The van der Waals surface area contributed by atoms with Crippen molar-refractivity contribution in [1.82, 2.24) is 14.9 Å². The van der Waals surface area contributed by atoms with E-state index in [2.05, 4.69) is 15.3 Å². The summed E-state index contributed by atoms with van der Waals surface area (Å²) in [4.78, 5) is 23.4. The maximum atomic E-state index is 13.3. The third-order valence-corrected chi connectivity index (χ3v) is 6.94. The molecule has 1 aliphatic carbocycles. The van der Waals surface area contributed by atoms with Crippen molar-refractivity contribution in [1.29, 1.82) is 0 Å². The van der Waals surface area contributed by atoms with Crippen LogP contribution in [0.1, 0.15) is 54.7 Å². The number of halogens is 3. The van der Waals surface area contributed by atoms with Gasteiger partial charge >= 0.3 is 6.18 Å². The first-order chi connectivity index (χ1) is 17.5. The molecule has 2 aliphatic rings. The number of amides is 1. The standard InChI is InChI=1S/C27H30F3N5O2/c1-14-8-23-22(12-24(14)37-21-6-7-35(13-21)26(36)17-4-5-17)25(34-16(3)33-23)32-15(2)18-9-19(27(28,29)30)11-20(31)10-18/h8-12,15,17,21H,4-7,13,31H2,1-3H3,(H,32,33,34)/t15-,21+/m1/s1. The van der Waals surface area contributed by atoms with E-state index < -0.39 is 17.8 Å². The lowest BCUT2D eigenvalue weighted by molar-refractivity contribution is -0.137. The number of nitrogen functional groups attached to an aromatic ring is 1. The van der Waals surface area contributed by atoms with Crippen molar-refractivity contribution in [3.05, 3.63) is 52.8 Å². The largest absolute Gasteiger partial charge is 0.488 e. The molecule has 1 saturated carbocycles. The van der Waals surface area contributed by atoms with Crippen LogP contribution in [0.5, 0.6) is 5.75 Å². The lowest BCUT2D eigenvalue weighted by Crippen LogP contribution is -2.32. The minimum Gasteiger partial charge on any atom is -0.488 e. The number of aryl methyl sites for hydroxylation is 2. The molecule has 37 heavy (non-hydrogen) atoms. The highest BCUT2D eigenvalue weighted by Gasteiger charge is 2.37. The number of alkyl halides is 3. The van der Waals surface area contributed by atoms with Gasteiger partial charge in [-0.15, -0.1) is 0 Å². The van der Waals surface area contributed by atoms with Gasteiger partial charge in [0.2, 0.25) is 5.91 Å². The van der Waals surface area contributed by atoms with Gasteiger partial charge in [-0.2, -0.15) is 13.2 Å². The Hall–Kier alpha value is -3.56. The molecule has 0 spiro atoms. The number of anilines is 2. The minimum atomic E-state index is -4.50. The second-order valence-electron chi connectivity index (χ2n) is 10.1. The number of ether oxygens (including phenoxy) is 1. The highest BCUT2D eigenvalue weighted by molar-refractivity contribution is 5.91. The molecule has 1 aliphatic heterocycles. The molecule has 2 aromatic carbocycles. The topological polar surface area (TPSA) is 93.4 Å². The third-order valence-electron chi connectivity index (χ3n) is 6.94. The van der Waals surface area contributed by atoms with Gasteiger partial charge in [-0.05, 0) is 75.1 Å². The summed E-state index contributed by atoms with van der Waals surface area (Å²) in [5.74, 6) is 2.10. The molecule has 0 unspecified atom stereocenters. The Labute approximate surface area is 213 Å². The summed E-state index contributed by atoms with van der Waals surface area (Å²) in [5.41, 5.74) is 7.02. The van der Waals surface area contributed by atoms with Crippen molar-refractivity contribution in [2.24, 2.45) is 5.92 Å². The van der Waals surface area contributed by atoms with Gasteiger partial charge in [-0.25, -0.2) is 9.97 Å². The number of aromatic nitrogens is 2. The first-order valence-corrected chi connectivity index (χ1v) is 12.5. The monoisotopic (exact) mass is 513 g/mol. The fourth-order valence-electron chi connectivity index (χ4n) is 4.78. The fraction of sp³-hybridized carbons (Fsp3) is 0.444. The van der Waals surface area contributed by atoms with E-state index in [1.165, 1.54) is 6.07 Å². The molecule has 0 radical (unpaired) electrons. The first-order valence-electron chi connectivity index (χ1n) is 12.5. The van der Waals surface area contributed by atoms with Crippen LogP contribution in [0.3, 0.4) is 0 Å². The number of hydrogen-bond acceptors (Lipinski definition) is 6. The summed E-state index contributed by atoms with van der Waals surface area (Å²) >= 11 is 0. The Kier molecular flexibility index (Phi) is 6.37. The van der Waals surface area contributed by atoms with Crippen LogP contribution in [0.15, 0.2) is 30.3 Å². The summed E-state index contributed by atoms with van der Waals surface area (Å²) in [6.07, 6.45) is -1.88. The van der Waals surface area contributed by atoms with Crippen LogP contribution in [0.25, 0.3) is 10.9 Å². The SMILES string of the molecule is Cc1nc(N[C@H](C)c2cc(N)cc(C(F)(F)F)c2)c2cc(O[C@H]3CCN(C(=O)C4CC4)C3)c(C)cc2n1. The number of carbonyl (C=O) groups is 1. The molecular weight excluding hydrogens is 483 g/mol. The molecule has 2 fully saturated rings. The lowest BCUT2D eigenvalue weighted by atomic mass is 10.0. The molecular formula is C27H30F3N5O2. The summed E-state index contributed by atoms with van der Waals surface area (Å²) < 4.78 is 46.3. The molecule has 2 atom stereocenters. The lowest BCUT2D eigenvalue weighted by Gasteiger charge is -2.21. The number of carbonyl (C=O) groups excluding carboxylic acids is 1. The molecule has 7 nitrogen and oxygen atoms in total. The molecule has 0 bridgehead atoms. The van der Waals surface area contributed by atoms with Crippen molar-refractivity contribution in [2.75, 3.05) is 24.1 Å². The highest BCUT2D eigenvalue weighted by atomic mass is 19.4. The van der Waals surface area contributed by atoms with Gasteiger partial charge in [0.1, 0.15) is 23.5 Å². The highest BCUT2D eigenvalue weighted by Crippen LogP contribution is 2.36. The van der Waals surface area contributed by atoms with Gasteiger partial charge in [-0.1, -0.05) is 0 Å². The number of fused-ring (bicyclic) bond motifs is 1. The molecule has 3 aromatic rings. The number of nitrogens with one attached hydrogen (secondary N) is 1. The summed E-state index contributed by atoms with van der Waals surface area (Å²) in [7, 11) is 0. The predicted octanol–water partition coefficient (Wildman–Crippen LogP) is 5.41. The Balaban J connectivity index is 1.41. The summed E-state index contributed by atoms with van der Waals surface area (Å²) in [6.45, 7) is 6.72. The maximum Gasteiger partial charge on any atom is 0.416 e. The molecule has 1 saturated heterocycles. The molecule has 10 heteroatoms. The average Bonchev–Trinajstić information content (AvgIpc) is 3.57. The molecule has 5 rings (SSSR count). The second-order valence-corrected chi connectivity index (χ2v) is 10.1. The number of rotatable bonds is 6. The number of likely N-dealkylation sites (tertiary alicyclic amines) is 1. The van der Waals surface area contributed by atoms with Crippen LogP contribution in [0, 0.1) is 19.8 Å². The number of nitrogens with two attached hydrogens (primary N) is 1. The van der Waals surface area contributed by atoms with Crippen LogP contribution < -0.4 is 15.8 Å². The average molecular weight is 514 g/mol. The molecule has 1 amide bonds. The Morgan fingerprint density at radius 1 is 1.14 bits per heavy atom. The van der Waals surface area contributed by atoms with E-state index in [0.717, 1.165) is 37.0 Å². The summed E-state index contributed by atoms with van der Waals surface area (Å²) in [6, 6.07) is 6.82. The molecule has 196 valence electrons. The number of benzene rings is 2. The first kappa shape index (κ1) is 25.1. The molecule has 1 aromatic heterocycles. The maximum absolute atomic E-state index is 13.3. The van der Waals surface area contributed by atoms with Gasteiger partial charge < -0.3 is 20.7 Å². The number of nitrogens with zero attached hydrogens (tertiary/aromatic N) is 3. The van der Waals surface area contributed by atoms with E-state index in [-0.39, 0.29) is 23.6 Å². The van der Waals surface area contributed by atoms with E-state index >= 15 is 0 Å². The van der Waals surface area contributed by atoms with Crippen LogP contribution in [-0.4, -0.2) is 40.0 Å². The smallest absolute Gasteiger partial charge is 0.416 e. The Morgan fingerprint density at radius 2 is 1.89 bits per heavy atom. The van der Waals surface area contributed by atoms with E-state index in [9.17, 15) is 18.0 Å². The van der Waals surface area contributed by atoms with E-state index in [1.54, 1.807) is 13.8 Å². The normalized spacial score (nSPS) is 18.8. The van der Waals surface area contributed by atoms with Gasteiger partial charge in [0, 0.05) is 30.0 Å². The van der Waals surface area contributed by atoms with Crippen molar-refractivity contribution in [3.63, 3.8) is 0 Å². The second kappa shape index (κ2) is 9.39. The van der Waals surface area contributed by atoms with Crippen molar-refractivity contribution in [2.45, 2.75) is 58.4 Å². The van der Waals surface area contributed by atoms with Crippen molar-refractivity contribution in [3.8, 4) is 5.75 Å². The minimum absolute atomic E-state index is 0.0410. The molecule has 2 heterocycles. The zero-order valence-corrected chi connectivity index (χ0v) is 21.0. The van der Waals surface area contributed by atoms with Crippen molar-refractivity contribution < 1.29 is 22.7 Å². The third kappa shape index (κ3) is 5.42. The quantitative estimate of drug-likeness (QED) is 0.428. The van der Waals surface area contributed by atoms with Gasteiger partial charge in [0.05, 0.1) is 23.7 Å². The van der Waals surface area contributed by atoms with E-state index in [0.29, 0.717) is 46.9 Å². The zero-order valence-electron chi connectivity index (χ0n) is 21.0. The van der Waals surface area contributed by atoms with Gasteiger partial charge in [-0.3, -0.25) is 4.79 Å². The Bertz CT molecular complexity index is 1360. The van der Waals surface area contributed by atoms with Gasteiger partial charge in [0.15, 0.2) is 0 Å². The summed E-state index contributed by atoms with van der Waals surface area (Å²) in [5, 5.41) is 3.94. The zero-order chi connectivity index (χ0) is 26.5. The number of hydrogen-bond donors (Lipinski definition) is 2. The van der Waals surface area contributed by atoms with E-state index in [1.807, 2.05) is 24.0 Å². The predicted molar refractivity (Wildman–Crippen MR) is 135 cm³/mol.